The van der Waals surface area contributed by atoms with Crippen LogP contribution in [0.1, 0.15) is 12.8 Å². The highest BCUT2D eigenvalue weighted by Crippen LogP contribution is 2.23. The van der Waals surface area contributed by atoms with Gasteiger partial charge in [-0.2, -0.15) is 0 Å². The molecule has 3 rings (SSSR count). The van der Waals surface area contributed by atoms with Crippen LogP contribution in [0, 0.1) is 5.92 Å². The van der Waals surface area contributed by atoms with E-state index >= 15 is 0 Å². The van der Waals surface area contributed by atoms with E-state index in [0.29, 0.717) is 5.92 Å². The van der Waals surface area contributed by atoms with Gasteiger partial charge in [-0.25, -0.2) is 9.97 Å². The van der Waals surface area contributed by atoms with E-state index in [0.717, 1.165) is 48.3 Å². The summed E-state index contributed by atoms with van der Waals surface area (Å²) in [5.74, 6) is 1.34. The summed E-state index contributed by atoms with van der Waals surface area (Å²) in [5, 5.41) is 0.731. The molecule has 0 aliphatic carbocycles. The van der Waals surface area contributed by atoms with Crippen LogP contribution in [0.15, 0.2) is 36.5 Å². The van der Waals surface area contributed by atoms with Gasteiger partial charge in [-0.3, -0.25) is 0 Å². The zero-order valence-electron chi connectivity index (χ0n) is 11.9. The minimum atomic E-state index is 0.543. The molecule has 21 heavy (non-hydrogen) atoms. The summed E-state index contributed by atoms with van der Waals surface area (Å²) >= 11 is 5.93. The van der Waals surface area contributed by atoms with E-state index in [1.54, 1.807) is 0 Å². The number of benzene rings is 1. The van der Waals surface area contributed by atoms with E-state index in [-0.39, 0.29) is 0 Å². The number of hydrogen-bond acceptors (Lipinski definition) is 4. The van der Waals surface area contributed by atoms with Crippen molar-refractivity contribution >= 4 is 17.5 Å². The van der Waals surface area contributed by atoms with Crippen LogP contribution >= 0.6 is 11.6 Å². The molecule has 0 spiro atoms. The van der Waals surface area contributed by atoms with Gasteiger partial charge in [0.15, 0.2) is 0 Å². The number of hydrogen-bond donors (Lipinski definition) is 1. The van der Waals surface area contributed by atoms with Gasteiger partial charge < -0.3 is 10.6 Å². The van der Waals surface area contributed by atoms with Crippen LogP contribution in [0.4, 0.5) is 5.95 Å². The van der Waals surface area contributed by atoms with Gasteiger partial charge >= 0.3 is 0 Å². The number of nitrogens with two attached hydrogens (primary N) is 1. The van der Waals surface area contributed by atoms with Gasteiger partial charge in [0.25, 0.3) is 0 Å². The molecule has 2 aromatic rings. The molecule has 0 bridgehead atoms. The maximum Gasteiger partial charge on any atom is 0.225 e. The molecule has 1 saturated heterocycles. The standard InChI is InChI=1S/C16H19ClN4/c17-14-5-3-13(4-6-14)15-7-8-19-16(20-15)21-9-1-2-12(10-18)11-21/h3-8,12H,1-2,9-11,18H2. The van der Waals surface area contributed by atoms with E-state index in [4.69, 9.17) is 22.3 Å². The normalized spacial score (nSPS) is 18.8. The van der Waals surface area contributed by atoms with Crippen molar-refractivity contribution in [1.82, 2.24) is 9.97 Å². The van der Waals surface area contributed by atoms with Gasteiger partial charge in [-0.15, -0.1) is 0 Å². The largest absolute Gasteiger partial charge is 0.340 e. The molecular weight excluding hydrogens is 284 g/mol. The number of anilines is 1. The molecule has 0 radical (unpaired) electrons. The summed E-state index contributed by atoms with van der Waals surface area (Å²) in [6, 6.07) is 9.64. The van der Waals surface area contributed by atoms with Crippen molar-refractivity contribution in [2.24, 2.45) is 11.7 Å². The maximum atomic E-state index is 5.93. The fourth-order valence-corrected chi connectivity index (χ4v) is 2.85. The number of rotatable bonds is 3. The Bertz CT molecular complexity index is 599. The maximum absolute atomic E-state index is 5.93. The average molecular weight is 303 g/mol. The zero-order valence-corrected chi connectivity index (χ0v) is 12.6. The van der Waals surface area contributed by atoms with Crippen LogP contribution in [0.2, 0.25) is 5.02 Å². The fraction of sp³-hybridized carbons (Fsp3) is 0.375. The minimum absolute atomic E-state index is 0.543. The monoisotopic (exact) mass is 302 g/mol. The predicted molar refractivity (Wildman–Crippen MR) is 86.5 cm³/mol. The van der Waals surface area contributed by atoms with Gasteiger partial charge in [0, 0.05) is 29.9 Å². The highest BCUT2D eigenvalue weighted by Gasteiger charge is 2.20. The Hall–Kier alpha value is -1.65. The number of aromatic nitrogens is 2. The molecule has 1 aromatic carbocycles. The Kier molecular flexibility index (Phi) is 4.36. The van der Waals surface area contributed by atoms with Crippen LogP contribution in [-0.2, 0) is 0 Å². The summed E-state index contributed by atoms with van der Waals surface area (Å²) in [4.78, 5) is 11.4. The van der Waals surface area contributed by atoms with Crippen LogP contribution in [0.25, 0.3) is 11.3 Å². The lowest BCUT2D eigenvalue weighted by atomic mass is 9.99. The molecule has 1 aliphatic rings. The molecule has 5 heteroatoms. The first-order valence-electron chi connectivity index (χ1n) is 7.30. The first-order chi connectivity index (χ1) is 10.3. The van der Waals surface area contributed by atoms with E-state index < -0.39 is 0 Å². The quantitative estimate of drug-likeness (QED) is 0.947. The second-order valence-corrected chi connectivity index (χ2v) is 5.88. The lowest BCUT2D eigenvalue weighted by Gasteiger charge is -2.32. The van der Waals surface area contributed by atoms with Gasteiger partial charge in [0.2, 0.25) is 5.95 Å². The Morgan fingerprint density at radius 1 is 1.24 bits per heavy atom. The van der Waals surface area contributed by atoms with Crippen molar-refractivity contribution in [3.05, 3.63) is 41.6 Å². The predicted octanol–water partition coefficient (Wildman–Crippen LogP) is 2.97. The van der Waals surface area contributed by atoms with Gasteiger partial charge in [0.05, 0.1) is 5.69 Å². The highest BCUT2D eigenvalue weighted by atomic mass is 35.5. The molecule has 1 unspecified atom stereocenters. The second kappa shape index (κ2) is 6.41. The Balaban J connectivity index is 1.84. The topological polar surface area (TPSA) is 55.0 Å². The SMILES string of the molecule is NCC1CCCN(c2nccc(-c3ccc(Cl)cc3)n2)C1. The molecule has 1 fully saturated rings. The number of nitrogens with zero attached hydrogens (tertiary/aromatic N) is 3. The van der Waals surface area contributed by atoms with E-state index in [2.05, 4.69) is 9.88 Å². The summed E-state index contributed by atoms with van der Waals surface area (Å²) in [6.07, 6.45) is 4.17. The highest BCUT2D eigenvalue weighted by molar-refractivity contribution is 6.30. The lowest BCUT2D eigenvalue weighted by Crippen LogP contribution is -2.39. The van der Waals surface area contributed by atoms with Crippen molar-refractivity contribution in [3.63, 3.8) is 0 Å². The van der Waals surface area contributed by atoms with Crippen LogP contribution in [0.5, 0.6) is 0 Å². The third-order valence-electron chi connectivity index (χ3n) is 3.92. The van der Waals surface area contributed by atoms with Crippen molar-refractivity contribution in [2.45, 2.75) is 12.8 Å². The molecule has 2 N–H and O–H groups in total. The van der Waals surface area contributed by atoms with Crippen molar-refractivity contribution in [1.29, 1.82) is 0 Å². The average Bonchev–Trinajstić information content (AvgIpc) is 2.56. The Morgan fingerprint density at radius 2 is 2.05 bits per heavy atom. The molecule has 1 atom stereocenters. The summed E-state index contributed by atoms with van der Waals surface area (Å²) < 4.78 is 0. The molecule has 110 valence electrons. The third kappa shape index (κ3) is 3.34. The van der Waals surface area contributed by atoms with E-state index in [1.807, 2.05) is 36.5 Å². The van der Waals surface area contributed by atoms with E-state index in [9.17, 15) is 0 Å². The number of piperidine rings is 1. The summed E-state index contributed by atoms with van der Waals surface area (Å²) in [7, 11) is 0. The van der Waals surface area contributed by atoms with Crippen molar-refractivity contribution in [2.75, 3.05) is 24.5 Å². The Morgan fingerprint density at radius 3 is 2.81 bits per heavy atom. The second-order valence-electron chi connectivity index (χ2n) is 5.44. The van der Waals surface area contributed by atoms with Crippen molar-refractivity contribution < 1.29 is 0 Å². The Labute approximate surface area is 130 Å². The minimum Gasteiger partial charge on any atom is -0.340 e. The molecule has 0 amide bonds. The first kappa shape index (κ1) is 14.3. The smallest absolute Gasteiger partial charge is 0.225 e. The summed E-state index contributed by atoms with van der Waals surface area (Å²) in [6.45, 7) is 2.68. The van der Waals surface area contributed by atoms with Crippen LogP contribution in [0.3, 0.4) is 0 Å². The van der Waals surface area contributed by atoms with Crippen LogP contribution < -0.4 is 10.6 Å². The molecule has 2 heterocycles. The molecule has 4 nitrogen and oxygen atoms in total. The van der Waals surface area contributed by atoms with Crippen LogP contribution in [-0.4, -0.2) is 29.6 Å². The third-order valence-corrected chi connectivity index (χ3v) is 4.17. The summed E-state index contributed by atoms with van der Waals surface area (Å²) in [5.41, 5.74) is 7.77. The first-order valence-corrected chi connectivity index (χ1v) is 7.68. The van der Waals surface area contributed by atoms with Gasteiger partial charge in [-0.1, -0.05) is 23.7 Å². The van der Waals surface area contributed by atoms with Gasteiger partial charge in [0.1, 0.15) is 0 Å². The molecule has 0 saturated carbocycles. The molecule has 1 aliphatic heterocycles. The lowest BCUT2D eigenvalue weighted by molar-refractivity contribution is 0.419. The fourth-order valence-electron chi connectivity index (χ4n) is 2.72. The molecule has 1 aromatic heterocycles. The van der Waals surface area contributed by atoms with E-state index in [1.165, 1.54) is 6.42 Å². The zero-order chi connectivity index (χ0) is 14.7. The van der Waals surface area contributed by atoms with Gasteiger partial charge in [-0.05, 0) is 43.5 Å². The number of halogens is 1. The van der Waals surface area contributed by atoms with Crippen molar-refractivity contribution in [3.8, 4) is 11.3 Å². The molecular formula is C16H19ClN4.